The first-order valence-corrected chi connectivity index (χ1v) is 16.3. The number of nitrogens with one attached hydrogen (secondary N) is 2. The Morgan fingerprint density at radius 1 is 1.07 bits per heavy atom. The number of aryl methyl sites for hydroxylation is 3. The summed E-state index contributed by atoms with van der Waals surface area (Å²) < 4.78 is 7.42. The summed E-state index contributed by atoms with van der Waals surface area (Å²) in [6.07, 6.45) is 6.37. The molecule has 5 rings (SSSR count). The number of piperidine rings is 1. The van der Waals surface area contributed by atoms with Crippen LogP contribution < -0.4 is 15.8 Å². The predicted molar refractivity (Wildman–Crippen MR) is 177 cm³/mol. The molecule has 9 heteroatoms. The third kappa shape index (κ3) is 7.68. The number of rotatable bonds is 7. The van der Waals surface area contributed by atoms with Crippen molar-refractivity contribution in [3.63, 3.8) is 0 Å². The maximum Gasteiger partial charge on any atom is 0.253 e. The van der Waals surface area contributed by atoms with E-state index in [-0.39, 0.29) is 18.0 Å². The Bertz CT molecular complexity index is 1400. The molecule has 0 saturated carbocycles. The molecule has 4 heterocycles. The third-order valence-corrected chi connectivity index (χ3v) is 8.72. The number of carbonyl (C=O) groups is 1. The van der Waals surface area contributed by atoms with Crippen LogP contribution in [0.15, 0.2) is 23.1 Å². The van der Waals surface area contributed by atoms with Gasteiger partial charge in [0.25, 0.3) is 11.5 Å². The first-order chi connectivity index (χ1) is 20.8. The van der Waals surface area contributed by atoms with Gasteiger partial charge in [-0.3, -0.25) is 14.3 Å². The van der Waals surface area contributed by atoms with Crippen LogP contribution in [0.5, 0.6) is 0 Å². The Morgan fingerprint density at radius 3 is 2.33 bits per heavy atom. The van der Waals surface area contributed by atoms with Gasteiger partial charge in [-0.05, 0) is 76.6 Å². The summed E-state index contributed by atoms with van der Waals surface area (Å²) in [6, 6.07) is 4.91. The van der Waals surface area contributed by atoms with E-state index in [2.05, 4.69) is 32.1 Å². The molecular weight excluding hydrogens is 540 g/mol. The number of benzene rings is 1. The van der Waals surface area contributed by atoms with Crippen molar-refractivity contribution >= 4 is 22.5 Å². The van der Waals surface area contributed by atoms with Crippen molar-refractivity contribution < 1.29 is 9.53 Å². The van der Waals surface area contributed by atoms with Crippen LogP contribution in [-0.4, -0.2) is 70.5 Å². The highest BCUT2D eigenvalue weighted by Gasteiger charge is 2.31. The molecule has 2 N–H and O–H groups in total. The lowest BCUT2D eigenvalue weighted by molar-refractivity contribution is 0.0251. The van der Waals surface area contributed by atoms with E-state index >= 15 is 0 Å². The van der Waals surface area contributed by atoms with Crippen LogP contribution in [0.2, 0.25) is 0 Å². The van der Waals surface area contributed by atoms with Gasteiger partial charge >= 0.3 is 0 Å². The van der Waals surface area contributed by atoms with E-state index in [1.54, 1.807) is 0 Å². The van der Waals surface area contributed by atoms with Gasteiger partial charge in [0.15, 0.2) is 0 Å². The van der Waals surface area contributed by atoms with Crippen LogP contribution in [0.25, 0.3) is 10.9 Å². The molecular formula is C34H54N6O3. The maximum absolute atomic E-state index is 13.6. The van der Waals surface area contributed by atoms with Crippen LogP contribution >= 0.6 is 0 Å². The minimum atomic E-state index is -0.179. The third-order valence-electron chi connectivity index (χ3n) is 8.72. The number of pyridine rings is 1. The zero-order valence-corrected chi connectivity index (χ0v) is 28.0. The molecule has 2 saturated heterocycles. The average molecular weight is 595 g/mol. The Hall–Kier alpha value is -3.17. The number of hydrogen-bond donors (Lipinski definition) is 2. The van der Waals surface area contributed by atoms with Gasteiger partial charge < -0.3 is 24.8 Å². The Balaban J connectivity index is 0.00000121. The number of ether oxygens (including phenoxy) is 1. The number of anilines is 1. The monoisotopic (exact) mass is 594 g/mol. The molecule has 0 spiro atoms. The van der Waals surface area contributed by atoms with Crippen LogP contribution in [0, 0.1) is 20.8 Å². The number of H-pyrrole nitrogens is 1. The normalized spacial score (nSPS) is 16.2. The maximum atomic E-state index is 13.6. The summed E-state index contributed by atoms with van der Waals surface area (Å²) in [5.41, 5.74) is 5.73. The predicted octanol–water partition coefficient (Wildman–Crippen LogP) is 5.64. The summed E-state index contributed by atoms with van der Waals surface area (Å²) in [5, 5.41) is 8.64. The van der Waals surface area contributed by atoms with Gasteiger partial charge in [0, 0.05) is 80.7 Å². The van der Waals surface area contributed by atoms with Gasteiger partial charge in [-0.1, -0.05) is 27.7 Å². The fourth-order valence-corrected chi connectivity index (χ4v) is 6.56. The minimum absolute atomic E-state index is 0.156. The number of fused-ring (bicyclic) bond motifs is 1. The zero-order valence-electron chi connectivity index (χ0n) is 28.0. The smallest absolute Gasteiger partial charge is 0.253 e. The molecule has 0 atom stereocenters. The minimum Gasteiger partial charge on any atom is -0.381 e. The van der Waals surface area contributed by atoms with E-state index in [9.17, 15) is 9.59 Å². The average Bonchev–Trinajstić information content (AvgIpc) is 3.40. The van der Waals surface area contributed by atoms with Gasteiger partial charge in [-0.2, -0.15) is 5.10 Å². The molecule has 0 unspecified atom stereocenters. The molecule has 0 bridgehead atoms. The van der Waals surface area contributed by atoms with E-state index in [4.69, 9.17) is 4.74 Å². The molecule has 0 aliphatic carbocycles. The molecule has 0 radical (unpaired) electrons. The Labute approximate surface area is 258 Å². The van der Waals surface area contributed by atoms with Gasteiger partial charge in [-0.25, -0.2) is 0 Å². The standard InChI is InChI=1S/C30H42N6O3.2C2H6/c1-6-36(23-7-11-35(12-8-23)22-9-13-39-14-10-22)28-21(4)24(16-27-26(28)18-32-34(27)5)29(37)31-17-25-19(2)15-20(3)33-30(25)38;2*1-2/h15-16,18,22-23H,6-14,17H2,1-5H3,(H,31,37)(H,33,38);2*1-2H3. The SMILES string of the molecule is CC.CC.CCN(c1c(C)c(C(=O)NCc2c(C)cc(C)[nH]c2=O)cc2c1cnn2C)C1CCN(C2CCOCC2)CC1. The second kappa shape index (κ2) is 16.1. The summed E-state index contributed by atoms with van der Waals surface area (Å²) in [5.74, 6) is -0.179. The molecule has 9 nitrogen and oxygen atoms in total. The number of nitrogens with zero attached hydrogens (tertiary/aromatic N) is 4. The highest BCUT2D eigenvalue weighted by molar-refractivity contribution is 6.05. The van der Waals surface area contributed by atoms with E-state index in [0.29, 0.717) is 23.2 Å². The highest BCUT2D eigenvalue weighted by Crippen LogP contribution is 2.36. The summed E-state index contributed by atoms with van der Waals surface area (Å²) in [6.45, 7) is 21.0. The van der Waals surface area contributed by atoms with Crippen molar-refractivity contribution in [1.29, 1.82) is 0 Å². The number of hydrogen-bond acceptors (Lipinski definition) is 6. The van der Waals surface area contributed by atoms with Crippen LogP contribution in [-0.2, 0) is 18.3 Å². The van der Waals surface area contributed by atoms with Gasteiger partial charge in [0.1, 0.15) is 0 Å². The van der Waals surface area contributed by atoms with E-state index < -0.39 is 0 Å². The molecule has 2 aromatic heterocycles. The lowest BCUT2D eigenvalue weighted by atomic mass is 9.95. The second-order valence-corrected chi connectivity index (χ2v) is 11.1. The molecule has 43 heavy (non-hydrogen) atoms. The quantitative estimate of drug-likeness (QED) is 0.368. The largest absolute Gasteiger partial charge is 0.381 e. The number of likely N-dealkylation sites (tertiary alicyclic amines) is 1. The van der Waals surface area contributed by atoms with Crippen molar-refractivity contribution in [1.82, 2.24) is 25.0 Å². The number of aromatic amines is 1. The van der Waals surface area contributed by atoms with E-state index in [0.717, 1.165) is 91.9 Å². The fraction of sp³-hybridized carbons (Fsp3) is 0.618. The van der Waals surface area contributed by atoms with Gasteiger partial charge in [0.2, 0.25) is 0 Å². The molecule has 2 fully saturated rings. The van der Waals surface area contributed by atoms with E-state index in [1.165, 1.54) is 0 Å². The zero-order chi connectivity index (χ0) is 31.7. The summed E-state index contributed by atoms with van der Waals surface area (Å²) in [7, 11) is 1.92. The molecule has 3 aromatic rings. The highest BCUT2D eigenvalue weighted by atomic mass is 16.5. The lowest BCUT2D eigenvalue weighted by Gasteiger charge is -2.43. The molecule has 238 valence electrons. The van der Waals surface area contributed by atoms with Crippen LogP contribution in [0.3, 0.4) is 0 Å². The van der Waals surface area contributed by atoms with Crippen molar-refractivity contribution in [2.24, 2.45) is 7.05 Å². The van der Waals surface area contributed by atoms with Crippen molar-refractivity contribution in [3.8, 4) is 0 Å². The fourth-order valence-electron chi connectivity index (χ4n) is 6.56. The first kappa shape index (κ1) is 34.3. The van der Waals surface area contributed by atoms with Crippen LogP contribution in [0.1, 0.15) is 93.0 Å². The van der Waals surface area contributed by atoms with Crippen molar-refractivity contribution in [3.05, 3.63) is 56.6 Å². The molecule has 1 aromatic carbocycles. The van der Waals surface area contributed by atoms with Gasteiger partial charge in [-0.15, -0.1) is 0 Å². The van der Waals surface area contributed by atoms with Crippen LogP contribution in [0.4, 0.5) is 5.69 Å². The molecule has 1 amide bonds. The summed E-state index contributed by atoms with van der Waals surface area (Å²) in [4.78, 5) is 34.1. The topological polar surface area (TPSA) is 95.5 Å². The molecule has 2 aliphatic heterocycles. The Kier molecular flexibility index (Phi) is 12.8. The number of carbonyl (C=O) groups excluding carboxylic acids is 1. The first-order valence-electron chi connectivity index (χ1n) is 16.3. The lowest BCUT2D eigenvalue weighted by Crippen LogP contribution is -2.49. The molecule has 2 aliphatic rings. The number of aromatic nitrogens is 3. The summed E-state index contributed by atoms with van der Waals surface area (Å²) >= 11 is 0. The second-order valence-electron chi connectivity index (χ2n) is 11.1. The van der Waals surface area contributed by atoms with Gasteiger partial charge in [0.05, 0.1) is 17.4 Å². The van der Waals surface area contributed by atoms with Crippen molar-refractivity contribution in [2.45, 2.75) is 99.7 Å². The van der Waals surface area contributed by atoms with Crippen molar-refractivity contribution in [2.75, 3.05) is 37.7 Å². The number of amides is 1. The van der Waals surface area contributed by atoms with E-state index in [1.807, 2.05) is 78.5 Å². The Morgan fingerprint density at radius 2 is 1.72 bits per heavy atom.